The van der Waals surface area contributed by atoms with Crippen molar-refractivity contribution >= 4 is 39.9 Å². The molecule has 2 heterocycles. The van der Waals surface area contributed by atoms with E-state index in [0.717, 1.165) is 24.0 Å². The molecule has 3 nitrogen and oxygen atoms in total. The monoisotopic (exact) mass is 291 g/mol. The maximum absolute atomic E-state index is 6.00. The predicted octanol–water partition coefficient (Wildman–Crippen LogP) is 3.94. The van der Waals surface area contributed by atoms with Crippen LogP contribution in [0.3, 0.4) is 0 Å². The van der Waals surface area contributed by atoms with Crippen LogP contribution in [0.5, 0.6) is 0 Å². The Hall–Kier alpha value is -1.52. The number of anilines is 1. The van der Waals surface area contributed by atoms with Crippen molar-refractivity contribution < 1.29 is 0 Å². The molecule has 2 N–H and O–H groups in total. The molecule has 0 amide bonds. The Labute approximate surface area is 120 Å². The van der Waals surface area contributed by atoms with Gasteiger partial charge in [-0.2, -0.15) is 0 Å². The minimum absolute atomic E-state index is 0.531. The van der Waals surface area contributed by atoms with Gasteiger partial charge >= 0.3 is 0 Å². The van der Waals surface area contributed by atoms with Crippen molar-refractivity contribution in [3.63, 3.8) is 0 Å². The lowest BCUT2D eigenvalue weighted by atomic mass is 10.3. The highest BCUT2D eigenvalue weighted by Gasteiger charge is 2.10. The molecular formula is C14H14ClN3S. The Morgan fingerprint density at radius 3 is 2.79 bits per heavy atom. The summed E-state index contributed by atoms with van der Waals surface area (Å²) in [5.74, 6) is 0.531. The zero-order valence-electron chi connectivity index (χ0n) is 10.6. The topological polar surface area (TPSA) is 43.8 Å². The second kappa shape index (κ2) is 4.87. The van der Waals surface area contributed by atoms with Gasteiger partial charge in [0.2, 0.25) is 5.95 Å². The van der Waals surface area contributed by atoms with Crippen molar-refractivity contribution in [3.05, 3.63) is 45.1 Å². The molecule has 0 radical (unpaired) electrons. The molecule has 0 unspecified atom stereocenters. The van der Waals surface area contributed by atoms with E-state index in [4.69, 9.17) is 17.3 Å². The van der Waals surface area contributed by atoms with Gasteiger partial charge in [-0.1, -0.05) is 18.5 Å². The summed E-state index contributed by atoms with van der Waals surface area (Å²) in [6.45, 7) is 2.92. The zero-order valence-corrected chi connectivity index (χ0v) is 12.1. The van der Waals surface area contributed by atoms with E-state index in [1.54, 1.807) is 0 Å². The number of rotatable bonds is 3. The first-order valence-electron chi connectivity index (χ1n) is 6.16. The van der Waals surface area contributed by atoms with Gasteiger partial charge in [0.25, 0.3) is 0 Å². The van der Waals surface area contributed by atoms with Crippen LogP contribution in [-0.2, 0) is 13.0 Å². The van der Waals surface area contributed by atoms with Crippen molar-refractivity contribution in [2.45, 2.75) is 19.9 Å². The number of aryl methyl sites for hydroxylation is 1. The van der Waals surface area contributed by atoms with E-state index in [0.29, 0.717) is 11.0 Å². The molecule has 0 bridgehead atoms. The third kappa shape index (κ3) is 2.33. The summed E-state index contributed by atoms with van der Waals surface area (Å²) in [6, 6.07) is 10.0. The van der Waals surface area contributed by atoms with E-state index in [2.05, 4.69) is 24.0 Å². The van der Waals surface area contributed by atoms with Crippen molar-refractivity contribution in [2.75, 3.05) is 5.73 Å². The van der Waals surface area contributed by atoms with Crippen LogP contribution in [0.15, 0.2) is 30.3 Å². The number of hydrogen-bond acceptors (Lipinski definition) is 3. The summed E-state index contributed by atoms with van der Waals surface area (Å²) in [7, 11) is 0. The molecule has 0 saturated heterocycles. The lowest BCUT2D eigenvalue weighted by Crippen LogP contribution is -2.03. The Bertz CT molecular complexity index is 729. The average Bonchev–Trinajstić information content (AvgIpc) is 2.95. The van der Waals surface area contributed by atoms with E-state index in [9.17, 15) is 0 Å². The molecule has 0 aliphatic heterocycles. The van der Waals surface area contributed by atoms with E-state index >= 15 is 0 Å². The second-order valence-corrected chi connectivity index (χ2v) is 6.10. The Morgan fingerprint density at radius 2 is 2.05 bits per heavy atom. The first kappa shape index (κ1) is 12.5. The minimum Gasteiger partial charge on any atom is -0.369 e. The molecule has 19 heavy (non-hydrogen) atoms. The zero-order chi connectivity index (χ0) is 13.4. The lowest BCUT2D eigenvalue weighted by Gasteiger charge is -2.04. The number of halogens is 1. The molecular weight excluding hydrogens is 278 g/mol. The van der Waals surface area contributed by atoms with Crippen LogP contribution in [0, 0.1) is 0 Å². The summed E-state index contributed by atoms with van der Waals surface area (Å²) >= 11 is 7.80. The fourth-order valence-corrected chi connectivity index (χ4v) is 3.25. The van der Waals surface area contributed by atoms with Crippen LogP contribution in [0.1, 0.15) is 16.7 Å². The molecule has 3 aromatic rings. The Morgan fingerprint density at radius 1 is 1.26 bits per heavy atom. The first-order chi connectivity index (χ1) is 9.17. The molecule has 3 rings (SSSR count). The molecule has 0 fully saturated rings. The van der Waals surface area contributed by atoms with Crippen molar-refractivity contribution in [3.8, 4) is 0 Å². The van der Waals surface area contributed by atoms with Crippen LogP contribution in [0.2, 0.25) is 5.02 Å². The van der Waals surface area contributed by atoms with E-state index in [1.165, 1.54) is 9.75 Å². The number of nitrogens with two attached hydrogens (primary N) is 1. The molecule has 2 aromatic heterocycles. The predicted molar refractivity (Wildman–Crippen MR) is 82.0 cm³/mol. The molecule has 0 spiro atoms. The first-order valence-corrected chi connectivity index (χ1v) is 7.35. The van der Waals surface area contributed by atoms with Gasteiger partial charge in [0.05, 0.1) is 17.6 Å². The third-order valence-electron chi connectivity index (χ3n) is 3.12. The maximum atomic E-state index is 6.00. The lowest BCUT2D eigenvalue weighted by molar-refractivity contribution is 0.853. The summed E-state index contributed by atoms with van der Waals surface area (Å²) in [6.07, 6.45) is 1.07. The molecule has 0 atom stereocenters. The van der Waals surface area contributed by atoms with Crippen LogP contribution in [0.25, 0.3) is 11.0 Å². The number of benzene rings is 1. The van der Waals surface area contributed by atoms with Crippen LogP contribution < -0.4 is 5.73 Å². The van der Waals surface area contributed by atoms with Crippen molar-refractivity contribution in [1.82, 2.24) is 9.55 Å². The quantitative estimate of drug-likeness (QED) is 0.794. The molecule has 5 heteroatoms. The van der Waals surface area contributed by atoms with Gasteiger partial charge in [-0.05, 0) is 36.8 Å². The summed E-state index contributed by atoms with van der Waals surface area (Å²) in [5.41, 5.74) is 7.87. The maximum Gasteiger partial charge on any atom is 0.201 e. The normalized spacial score (nSPS) is 11.3. The summed E-state index contributed by atoms with van der Waals surface area (Å²) < 4.78 is 2.02. The van der Waals surface area contributed by atoms with Crippen LogP contribution in [-0.4, -0.2) is 9.55 Å². The largest absolute Gasteiger partial charge is 0.369 e. The highest BCUT2D eigenvalue weighted by molar-refractivity contribution is 7.11. The fourth-order valence-electron chi connectivity index (χ4n) is 2.14. The van der Waals surface area contributed by atoms with Crippen LogP contribution >= 0.6 is 22.9 Å². The highest BCUT2D eigenvalue weighted by Crippen LogP contribution is 2.25. The van der Waals surface area contributed by atoms with Gasteiger partial charge in [-0.15, -0.1) is 11.3 Å². The second-order valence-electron chi connectivity index (χ2n) is 4.41. The molecule has 0 aliphatic carbocycles. The standard InChI is InChI=1S/C14H14ClN3S/c1-2-10-4-5-11(19-10)8-18-13-6-3-9(15)7-12(13)17-14(18)16/h3-7H,2,8H2,1H3,(H2,16,17). The average molecular weight is 292 g/mol. The Kier molecular flexibility index (Phi) is 3.21. The third-order valence-corrected chi connectivity index (χ3v) is 4.57. The van der Waals surface area contributed by atoms with Gasteiger partial charge < -0.3 is 10.3 Å². The van der Waals surface area contributed by atoms with Crippen molar-refractivity contribution in [2.24, 2.45) is 0 Å². The van der Waals surface area contributed by atoms with E-state index < -0.39 is 0 Å². The smallest absolute Gasteiger partial charge is 0.201 e. The number of thiophene rings is 1. The number of aromatic nitrogens is 2. The Balaban J connectivity index is 2.02. The minimum atomic E-state index is 0.531. The molecule has 1 aromatic carbocycles. The summed E-state index contributed by atoms with van der Waals surface area (Å²) in [5, 5.41) is 0.682. The molecule has 0 saturated carbocycles. The SMILES string of the molecule is CCc1ccc(Cn2c(N)nc3cc(Cl)ccc32)s1. The van der Waals surface area contributed by atoms with Gasteiger partial charge in [0, 0.05) is 14.8 Å². The van der Waals surface area contributed by atoms with Crippen molar-refractivity contribution in [1.29, 1.82) is 0 Å². The molecule has 98 valence electrons. The van der Waals surface area contributed by atoms with Gasteiger partial charge in [0.1, 0.15) is 0 Å². The fraction of sp³-hybridized carbons (Fsp3) is 0.214. The van der Waals surface area contributed by atoms with Gasteiger partial charge in [-0.3, -0.25) is 0 Å². The van der Waals surface area contributed by atoms with E-state index in [1.807, 2.05) is 34.1 Å². The molecule has 0 aliphatic rings. The number of nitrogens with zero attached hydrogens (tertiary/aromatic N) is 2. The number of hydrogen-bond donors (Lipinski definition) is 1. The highest BCUT2D eigenvalue weighted by atomic mass is 35.5. The number of nitrogen functional groups attached to an aromatic ring is 1. The van der Waals surface area contributed by atoms with E-state index in [-0.39, 0.29) is 0 Å². The van der Waals surface area contributed by atoms with Crippen LogP contribution in [0.4, 0.5) is 5.95 Å². The van der Waals surface area contributed by atoms with Gasteiger partial charge in [-0.25, -0.2) is 4.98 Å². The number of fused-ring (bicyclic) bond motifs is 1. The number of imidazole rings is 1. The summed E-state index contributed by atoms with van der Waals surface area (Å²) in [4.78, 5) is 7.04. The van der Waals surface area contributed by atoms with Gasteiger partial charge in [0.15, 0.2) is 0 Å².